The Bertz CT molecular complexity index is 914. The highest BCUT2D eigenvalue weighted by Crippen LogP contribution is 2.39. The van der Waals surface area contributed by atoms with Crippen LogP contribution in [0.1, 0.15) is 45.5 Å². The lowest BCUT2D eigenvalue weighted by Gasteiger charge is -2.46. The van der Waals surface area contributed by atoms with Crippen molar-refractivity contribution < 1.29 is 29.2 Å². The van der Waals surface area contributed by atoms with Gasteiger partial charge in [-0.05, 0) is 18.6 Å². The molecule has 2 aliphatic heterocycles. The molecular formula is C24H31NO6S. The monoisotopic (exact) mass is 461 g/mol. The second-order valence-electron chi connectivity index (χ2n) is 9.41. The number of ketones is 1. The SMILES string of the molecule is CSC1OC2COC(c3ccccc3)OC2C(O)C1N=C(C)C1=C(O)CC(C)(C)CC1=O. The number of fused-ring (bicyclic) bond motifs is 1. The summed E-state index contributed by atoms with van der Waals surface area (Å²) in [6.07, 6.45) is 0.0636. The number of hydrogen-bond acceptors (Lipinski definition) is 8. The van der Waals surface area contributed by atoms with E-state index >= 15 is 0 Å². The second kappa shape index (κ2) is 9.27. The summed E-state index contributed by atoms with van der Waals surface area (Å²) < 4.78 is 18.1. The summed E-state index contributed by atoms with van der Waals surface area (Å²) >= 11 is 1.44. The molecule has 2 heterocycles. The topological polar surface area (TPSA) is 97.6 Å². The van der Waals surface area contributed by atoms with Gasteiger partial charge in [-0.25, -0.2) is 0 Å². The van der Waals surface area contributed by atoms with Gasteiger partial charge in [-0.2, -0.15) is 0 Å². The minimum Gasteiger partial charge on any atom is -0.511 e. The lowest BCUT2D eigenvalue weighted by atomic mass is 9.75. The molecule has 1 aromatic carbocycles. The van der Waals surface area contributed by atoms with Gasteiger partial charge in [-0.3, -0.25) is 9.79 Å². The number of carbonyl (C=O) groups is 1. The fourth-order valence-corrected chi connectivity index (χ4v) is 5.43. The number of allylic oxidation sites excluding steroid dienone is 2. The van der Waals surface area contributed by atoms with Crippen LogP contribution in [-0.4, -0.2) is 64.4 Å². The van der Waals surface area contributed by atoms with E-state index in [1.807, 2.05) is 50.4 Å². The standard InChI is InChI=1S/C24H31NO6S/c1-13(18-15(26)10-24(2,3)11-16(18)27)25-19-20(28)21-17(30-23(19)32-4)12-29-22(31-21)14-8-6-5-7-9-14/h5-9,17,19-23,26,28H,10-12H2,1-4H3. The van der Waals surface area contributed by atoms with E-state index in [0.29, 0.717) is 25.2 Å². The van der Waals surface area contributed by atoms with E-state index in [4.69, 9.17) is 19.2 Å². The molecule has 6 atom stereocenters. The average molecular weight is 462 g/mol. The number of aliphatic hydroxyl groups is 2. The maximum Gasteiger partial charge on any atom is 0.184 e. The predicted octanol–water partition coefficient (Wildman–Crippen LogP) is 3.58. The average Bonchev–Trinajstić information content (AvgIpc) is 2.74. The van der Waals surface area contributed by atoms with Crippen molar-refractivity contribution >= 4 is 23.3 Å². The highest BCUT2D eigenvalue weighted by molar-refractivity contribution is 7.99. The van der Waals surface area contributed by atoms with E-state index in [1.165, 1.54) is 11.8 Å². The van der Waals surface area contributed by atoms with Gasteiger partial charge in [0.15, 0.2) is 12.1 Å². The Labute approximate surface area is 192 Å². The van der Waals surface area contributed by atoms with Gasteiger partial charge in [0.05, 0.1) is 12.2 Å². The normalized spacial score (nSPS) is 35.5. The van der Waals surface area contributed by atoms with Crippen LogP contribution in [0.2, 0.25) is 0 Å². The summed E-state index contributed by atoms with van der Waals surface area (Å²) in [5.41, 5.74) is 0.829. The van der Waals surface area contributed by atoms with Crippen LogP contribution in [0.15, 0.2) is 46.7 Å². The van der Waals surface area contributed by atoms with Crippen molar-refractivity contribution in [1.29, 1.82) is 0 Å². The number of ether oxygens (including phenoxy) is 3. The lowest BCUT2D eigenvalue weighted by molar-refractivity contribution is -0.305. The molecule has 8 heteroatoms. The van der Waals surface area contributed by atoms with Gasteiger partial charge in [0.2, 0.25) is 0 Å². The summed E-state index contributed by atoms with van der Waals surface area (Å²) in [4.78, 5) is 17.4. The quantitative estimate of drug-likeness (QED) is 0.662. The lowest BCUT2D eigenvalue weighted by Crippen LogP contribution is -2.60. The van der Waals surface area contributed by atoms with Gasteiger partial charge < -0.3 is 24.4 Å². The van der Waals surface area contributed by atoms with Gasteiger partial charge in [-0.15, -0.1) is 11.8 Å². The van der Waals surface area contributed by atoms with E-state index in [-0.39, 0.29) is 22.5 Å². The maximum atomic E-state index is 12.7. The molecule has 6 unspecified atom stereocenters. The van der Waals surface area contributed by atoms with Crippen LogP contribution in [0.3, 0.4) is 0 Å². The summed E-state index contributed by atoms with van der Waals surface area (Å²) in [7, 11) is 0. The molecule has 4 rings (SSSR count). The molecule has 0 bridgehead atoms. The van der Waals surface area contributed by atoms with Crippen LogP contribution in [0.4, 0.5) is 0 Å². The number of nitrogens with zero attached hydrogens (tertiary/aromatic N) is 1. The smallest absolute Gasteiger partial charge is 0.184 e. The third-order valence-electron chi connectivity index (χ3n) is 6.19. The molecule has 3 aliphatic rings. The zero-order valence-corrected chi connectivity index (χ0v) is 19.7. The molecule has 0 aromatic heterocycles. The van der Waals surface area contributed by atoms with Crippen LogP contribution in [0.25, 0.3) is 0 Å². The Morgan fingerprint density at radius 1 is 1.19 bits per heavy atom. The molecule has 174 valence electrons. The number of hydrogen-bond donors (Lipinski definition) is 2. The maximum absolute atomic E-state index is 12.7. The molecule has 2 N–H and O–H groups in total. The number of aliphatic hydroxyl groups excluding tert-OH is 2. The molecule has 1 aromatic rings. The molecule has 1 aliphatic carbocycles. The first-order chi connectivity index (χ1) is 15.2. The molecule has 7 nitrogen and oxygen atoms in total. The van der Waals surface area contributed by atoms with E-state index in [2.05, 4.69) is 0 Å². The minimum atomic E-state index is -0.950. The molecule has 0 amide bonds. The molecule has 32 heavy (non-hydrogen) atoms. The first-order valence-corrected chi connectivity index (χ1v) is 12.2. The van der Waals surface area contributed by atoms with Crippen LogP contribution in [0, 0.1) is 5.41 Å². The zero-order chi connectivity index (χ0) is 23.0. The van der Waals surface area contributed by atoms with Crippen molar-refractivity contribution in [1.82, 2.24) is 0 Å². The Kier molecular flexibility index (Phi) is 6.79. The Hall–Kier alpha value is -1.71. The number of aliphatic imine (C=N–C) groups is 1. The van der Waals surface area contributed by atoms with E-state index in [1.54, 1.807) is 6.92 Å². The summed E-state index contributed by atoms with van der Waals surface area (Å²) in [5, 5.41) is 21.8. The Morgan fingerprint density at radius 3 is 2.56 bits per heavy atom. The third kappa shape index (κ3) is 4.65. The second-order valence-corrected chi connectivity index (χ2v) is 10.3. The predicted molar refractivity (Wildman–Crippen MR) is 123 cm³/mol. The van der Waals surface area contributed by atoms with Crippen molar-refractivity contribution in [2.24, 2.45) is 10.4 Å². The summed E-state index contributed by atoms with van der Waals surface area (Å²) in [6, 6.07) is 8.91. The van der Waals surface area contributed by atoms with Crippen molar-refractivity contribution in [3.8, 4) is 0 Å². The van der Waals surface area contributed by atoms with E-state index < -0.39 is 36.1 Å². The van der Waals surface area contributed by atoms with Crippen molar-refractivity contribution in [3.63, 3.8) is 0 Å². The van der Waals surface area contributed by atoms with Crippen molar-refractivity contribution in [2.75, 3.05) is 12.9 Å². The van der Waals surface area contributed by atoms with E-state index in [9.17, 15) is 15.0 Å². The van der Waals surface area contributed by atoms with E-state index in [0.717, 1.165) is 5.56 Å². The van der Waals surface area contributed by atoms with Gasteiger partial charge in [0.1, 0.15) is 35.5 Å². The van der Waals surface area contributed by atoms with Gasteiger partial charge in [-0.1, -0.05) is 44.2 Å². The Balaban J connectivity index is 1.58. The fraction of sp³-hybridized carbons (Fsp3) is 0.583. The number of rotatable bonds is 4. The molecule has 0 radical (unpaired) electrons. The third-order valence-corrected chi connectivity index (χ3v) is 7.05. The number of benzene rings is 1. The summed E-state index contributed by atoms with van der Waals surface area (Å²) in [6.45, 7) is 5.92. The largest absolute Gasteiger partial charge is 0.511 e. The Morgan fingerprint density at radius 2 is 1.91 bits per heavy atom. The highest BCUT2D eigenvalue weighted by atomic mass is 32.2. The van der Waals surface area contributed by atoms with Gasteiger partial charge >= 0.3 is 0 Å². The van der Waals surface area contributed by atoms with Crippen molar-refractivity contribution in [2.45, 2.75) is 69.7 Å². The summed E-state index contributed by atoms with van der Waals surface area (Å²) in [5.74, 6) is -0.0694. The van der Waals surface area contributed by atoms with Gasteiger partial charge in [0.25, 0.3) is 0 Å². The van der Waals surface area contributed by atoms with Crippen LogP contribution in [-0.2, 0) is 19.0 Å². The van der Waals surface area contributed by atoms with Crippen LogP contribution >= 0.6 is 11.8 Å². The molecule has 0 saturated carbocycles. The molecule has 2 fully saturated rings. The first kappa shape index (κ1) is 23.4. The molecule has 2 saturated heterocycles. The first-order valence-electron chi connectivity index (χ1n) is 10.9. The molecular weight excluding hydrogens is 430 g/mol. The van der Waals surface area contributed by atoms with Crippen molar-refractivity contribution in [3.05, 3.63) is 47.2 Å². The number of Topliss-reactive ketones (excluding diaryl/α,β-unsaturated/α-hetero) is 1. The fourth-order valence-electron chi connectivity index (χ4n) is 4.68. The van der Waals surface area contributed by atoms with Crippen LogP contribution in [0.5, 0.6) is 0 Å². The number of carbonyl (C=O) groups excluding carboxylic acids is 1. The minimum absolute atomic E-state index is 0.0590. The molecule has 0 spiro atoms. The highest BCUT2D eigenvalue weighted by Gasteiger charge is 2.49. The zero-order valence-electron chi connectivity index (χ0n) is 18.9. The van der Waals surface area contributed by atoms with Crippen LogP contribution < -0.4 is 0 Å². The number of thioether (sulfide) groups is 1. The van der Waals surface area contributed by atoms with Gasteiger partial charge in [0, 0.05) is 24.1 Å².